The summed E-state index contributed by atoms with van der Waals surface area (Å²) in [5.74, 6) is 0. The predicted octanol–water partition coefficient (Wildman–Crippen LogP) is 2.56. The fourth-order valence-electron chi connectivity index (χ4n) is 3.02. The number of fused-ring (bicyclic) bond motifs is 1. The van der Waals surface area contributed by atoms with Gasteiger partial charge in [0.05, 0.1) is 11.4 Å². The monoisotopic (exact) mass is 258 g/mol. The van der Waals surface area contributed by atoms with Crippen LogP contribution in [0.25, 0.3) is 5.65 Å². The first-order valence-corrected chi connectivity index (χ1v) is 7.18. The van der Waals surface area contributed by atoms with Crippen molar-refractivity contribution < 1.29 is 0 Å². The number of imidazole rings is 1. The third-order valence-corrected chi connectivity index (χ3v) is 4.22. The molecule has 0 amide bonds. The van der Waals surface area contributed by atoms with Crippen molar-refractivity contribution >= 4 is 11.3 Å². The molecule has 19 heavy (non-hydrogen) atoms. The van der Waals surface area contributed by atoms with Gasteiger partial charge in [-0.25, -0.2) is 4.98 Å². The van der Waals surface area contributed by atoms with E-state index in [1.54, 1.807) is 0 Å². The van der Waals surface area contributed by atoms with Crippen LogP contribution in [0.2, 0.25) is 0 Å². The predicted molar refractivity (Wildman–Crippen MR) is 78.4 cm³/mol. The molecule has 0 atom stereocenters. The van der Waals surface area contributed by atoms with E-state index in [1.165, 1.54) is 37.8 Å². The molecule has 2 aromatic heterocycles. The number of pyridine rings is 1. The molecule has 102 valence electrons. The first-order valence-electron chi connectivity index (χ1n) is 7.18. The lowest BCUT2D eigenvalue weighted by atomic mass is 9.94. The molecule has 0 aliphatic heterocycles. The maximum atomic E-state index is 5.64. The Labute approximate surface area is 114 Å². The number of anilines is 1. The zero-order chi connectivity index (χ0) is 13.2. The van der Waals surface area contributed by atoms with E-state index in [1.807, 2.05) is 6.20 Å². The van der Waals surface area contributed by atoms with Gasteiger partial charge in [0, 0.05) is 32.0 Å². The summed E-state index contributed by atoms with van der Waals surface area (Å²) in [5.41, 5.74) is 8.82. The summed E-state index contributed by atoms with van der Waals surface area (Å²) in [4.78, 5) is 6.88. The van der Waals surface area contributed by atoms with E-state index in [2.05, 4.69) is 39.7 Å². The Kier molecular flexibility index (Phi) is 3.42. The molecule has 1 fully saturated rings. The molecule has 1 aliphatic carbocycles. The van der Waals surface area contributed by atoms with E-state index >= 15 is 0 Å². The van der Waals surface area contributed by atoms with Crippen molar-refractivity contribution in [2.24, 2.45) is 5.73 Å². The van der Waals surface area contributed by atoms with Crippen molar-refractivity contribution in [3.8, 4) is 0 Å². The van der Waals surface area contributed by atoms with E-state index < -0.39 is 0 Å². The second kappa shape index (κ2) is 5.21. The van der Waals surface area contributed by atoms with Crippen molar-refractivity contribution in [2.75, 3.05) is 11.9 Å². The molecule has 2 heterocycles. The van der Waals surface area contributed by atoms with Gasteiger partial charge in [-0.15, -0.1) is 0 Å². The van der Waals surface area contributed by atoms with Crippen LogP contribution in [0.15, 0.2) is 24.5 Å². The van der Waals surface area contributed by atoms with Gasteiger partial charge < -0.3 is 15.0 Å². The average molecular weight is 258 g/mol. The van der Waals surface area contributed by atoms with Crippen molar-refractivity contribution in [3.63, 3.8) is 0 Å². The zero-order valence-corrected chi connectivity index (χ0v) is 11.5. The van der Waals surface area contributed by atoms with E-state index in [0.29, 0.717) is 12.6 Å². The summed E-state index contributed by atoms with van der Waals surface area (Å²) in [6.07, 6.45) is 10.9. The second-order valence-electron chi connectivity index (χ2n) is 5.49. The molecular formula is C15H22N4. The molecule has 0 aromatic carbocycles. The molecule has 0 spiro atoms. The summed E-state index contributed by atoms with van der Waals surface area (Å²) in [7, 11) is 2.21. The lowest BCUT2D eigenvalue weighted by molar-refractivity contribution is 0.427. The van der Waals surface area contributed by atoms with Gasteiger partial charge in [0.1, 0.15) is 5.65 Å². The van der Waals surface area contributed by atoms with Crippen molar-refractivity contribution in [3.05, 3.63) is 30.2 Å². The van der Waals surface area contributed by atoms with Gasteiger partial charge in [0.15, 0.2) is 0 Å². The van der Waals surface area contributed by atoms with Crippen LogP contribution in [0.1, 0.15) is 37.8 Å². The molecular weight excluding hydrogens is 236 g/mol. The molecule has 0 unspecified atom stereocenters. The van der Waals surface area contributed by atoms with Crippen LogP contribution >= 0.6 is 0 Å². The Hall–Kier alpha value is -1.55. The third kappa shape index (κ3) is 2.45. The average Bonchev–Trinajstić information content (AvgIpc) is 2.89. The highest BCUT2D eigenvalue weighted by atomic mass is 15.1. The number of aromatic nitrogens is 2. The highest BCUT2D eigenvalue weighted by Gasteiger charge is 2.18. The lowest BCUT2D eigenvalue weighted by Crippen LogP contribution is -2.33. The largest absolute Gasteiger partial charge is 0.370 e. The fourth-order valence-corrected chi connectivity index (χ4v) is 3.02. The Morgan fingerprint density at radius 1 is 1.26 bits per heavy atom. The molecule has 3 rings (SSSR count). The number of hydrogen-bond acceptors (Lipinski definition) is 3. The molecule has 0 bridgehead atoms. The topological polar surface area (TPSA) is 46.6 Å². The minimum Gasteiger partial charge on any atom is -0.370 e. The maximum absolute atomic E-state index is 5.64. The maximum Gasteiger partial charge on any atom is 0.137 e. The van der Waals surface area contributed by atoms with Gasteiger partial charge in [-0.1, -0.05) is 19.3 Å². The molecule has 0 saturated heterocycles. The molecule has 4 heteroatoms. The molecule has 2 N–H and O–H groups in total. The standard InChI is InChI=1S/C15H22N4/c1-18(13-5-3-2-4-6-13)14-7-8-15-17-12(9-16)10-19(15)11-14/h7-8,10-11,13H,2-6,9,16H2,1H3. The van der Waals surface area contributed by atoms with Gasteiger partial charge in [-0.3, -0.25) is 0 Å². The van der Waals surface area contributed by atoms with Crippen LogP contribution in [0.5, 0.6) is 0 Å². The smallest absolute Gasteiger partial charge is 0.137 e. The molecule has 1 saturated carbocycles. The molecule has 0 radical (unpaired) electrons. The van der Waals surface area contributed by atoms with E-state index in [4.69, 9.17) is 5.73 Å². The fraction of sp³-hybridized carbons (Fsp3) is 0.533. The number of hydrogen-bond donors (Lipinski definition) is 1. The van der Waals surface area contributed by atoms with Crippen LogP contribution in [0.4, 0.5) is 5.69 Å². The Morgan fingerprint density at radius 3 is 2.79 bits per heavy atom. The molecule has 2 aromatic rings. The third-order valence-electron chi connectivity index (χ3n) is 4.22. The first kappa shape index (κ1) is 12.5. The number of rotatable bonds is 3. The zero-order valence-electron chi connectivity index (χ0n) is 11.5. The summed E-state index contributed by atoms with van der Waals surface area (Å²) in [5, 5.41) is 0. The minimum absolute atomic E-state index is 0.496. The Morgan fingerprint density at radius 2 is 2.05 bits per heavy atom. The van der Waals surface area contributed by atoms with E-state index in [-0.39, 0.29) is 0 Å². The summed E-state index contributed by atoms with van der Waals surface area (Å²) in [6, 6.07) is 4.93. The molecule has 4 nitrogen and oxygen atoms in total. The number of nitrogens with two attached hydrogens (primary N) is 1. The van der Waals surface area contributed by atoms with Gasteiger partial charge in [0.25, 0.3) is 0 Å². The van der Waals surface area contributed by atoms with E-state index in [0.717, 1.165) is 11.3 Å². The summed E-state index contributed by atoms with van der Waals surface area (Å²) in [6.45, 7) is 0.496. The highest BCUT2D eigenvalue weighted by Crippen LogP contribution is 2.26. The first-order chi connectivity index (χ1) is 9.28. The van der Waals surface area contributed by atoms with Gasteiger partial charge in [-0.05, 0) is 25.0 Å². The minimum atomic E-state index is 0.496. The van der Waals surface area contributed by atoms with Gasteiger partial charge in [0.2, 0.25) is 0 Å². The van der Waals surface area contributed by atoms with Crippen LogP contribution in [-0.4, -0.2) is 22.5 Å². The summed E-state index contributed by atoms with van der Waals surface area (Å²) < 4.78 is 2.08. The van der Waals surface area contributed by atoms with Crippen LogP contribution < -0.4 is 10.6 Å². The van der Waals surface area contributed by atoms with Crippen molar-refractivity contribution in [1.29, 1.82) is 0 Å². The second-order valence-corrected chi connectivity index (χ2v) is 5.49. The van der Waals surface area contributed by atoms with Crippen LogP contribution in [-0.2, 0) is 6.54 Å². The van der Waals surface area contributed by atoms with E-state index in [9.17, 15) is 0 Å². The normalized spacial score (nSPS) is 16.9. The van der Waals surface area contributed by atoms with Gasteiger partial charge >= 0.3 is 0 Å². The highest BCUT2D eigenvalue weighted by molar-refractivity contribution is 5.52. The quantitative estimate of drug-likeness (QED) is 0.920. The van der Waals surface area contributed by atoms with Gasteiger partial charge in [-0.2, -0.15) is 0 Å². The van der Waals surface area contributed by atoms with Crippen molar-refractivity contribution in [1.82, 2.24) is 9.38 Å². The molecule has 1 aliphatic rings. The van der Waals surface area contributed by atoms with Crippen molar-refractivity contribution in [2.45, 2.75) is 44.7 Å². The van der Waals surface area contributed by atoms with Crippen LogP contribution in [0.3, 0.4) is 0 Å². The Balaban J connectivity index is 1.86. The number of nitrogens with zero attached hydrogens (tertiary/aromatic N) is 3. The summed E-state index contributed by atoms with van der Waals surface area (Å²) >= 11 is 0. The Bertz CT molecular complexity index is 554. The SMILES string of the molecule is CN(c1ccc2nc(CN)cn2c1)C1CCCCC1. The lowest BCUT2D eigenvalue weighted by Gasteiger charge is -2.32. The van der Waals surface area contributed by atoms with Crippen LogP contribution in [0, 0.1) is 0 Å².